The molecule has 4 nitrogen and oxygen atoms in total. The third-order valence-corrected chi connectivity index (χ3v) is 3.19. The van der Waals surface area contributed by atoms with Crippen molar-refractivity contribution in [3.05, 3.63) is 59.4 Å². The minimum absolute atomic E-state index is 0. The Balaban J connectivity index is 0.00000264. The van der Waals surface area contributed by atoms with Crippen molar-refractivity contribution in [1.82, 2.24) is 5.32 Å². The molecule has 0 aromatic heterocycles. The van der Waals surface area contributed by atoms with Crippen molar-refractivity contribution in [1.29, 1.82) is 0 Å². The van der Waals surface area contributed by atoms with Crippen LogP contribution >= 0.6 is 12.4 Å². The van der Waals surface area contributed by atoms with Crippen molar-refractivity contribution in [2.75, 3.05) is 20.3 Å². The van der Waals surface area contributed by atoms with E-state index in [1.165, 1.54) is 6.07 Å². The second-order valence-electron chi connectivity index (χ2n) is 4.77. The molecular formula is C17H21ClFNO3. The van der Waals surface area contributed by atoms with Crippen LogP contribution in [0, 0.1) is 5.82 Å². The summed E-state index contributed by atoms with van der Waals surface area (Å²) in [5, 5.41) is 11.8. The molecule has 6 heteroatoms. The van der Waals surface area contributed by atoms with Crippen molar-refractivity contribution < 1.29 is 19.0 Å². The van der Waals surface area contributed by atoms with Crippen LogP contribution in [0.5, 0.6) is 11.5 Å². The summed E-state index contributed by atoms with van der Waals surface area (Å²) in [6.45, 7) is 1.41. The largest absolute Gasteiger partial charge is 0.493 e. The number of ether oxygens (including phenoxy) is 2. The van der Waals surface area contributed by atoms with Gasteiger partial charge in [-0.15, -0.1) is 12.4 Å². The van der Waals surface area contributed by atoms with E-state index in [0.717, 1.165) is 5.56 Å². The highest BCUT2D eigenvalue weighted by Crippen LogP contribution is 2.29. The third-order valence-electron chi connectivity index (χ3n) is 3.19. The van der Waals surface area contributed by atoms with E-state index in [2.05, 4.69) is 5.32 Å². The first-order valence-electron chi connectivity index (χ1n) is 7.09. The van der Waals surface area contributed by atoms with Gasteiger partial charge in [-0.25, -0.2) is 4.39 Å². The van der Waals surface area contributed by atoms with Crippen molar-refractivity contribution in [3.63, 3.8) is 0 Å². The second kappa shape index (κ2) is 10.0. The molecule has 0 saturated heterocycles. The van der Waals surface area contributed by atoms with E-state index in [1.54, 1.807) is 31.4 Å². The van der Waals surface area contributed by atoms with Gasteiger partial charge in [0.05, 0.1) is 13.7 Å². The smallest absolute Gasteiger partial charge is 0.161 e. The van der Waals surface area contributed by atoms with Crippen LogP contribution in [-0.4, -0.2) is 25.4 Å². The zero-order valence-electron chi connectivity index (χ0n) is 12.9. The van der Waals surface area contributed by atoms with Gasteiger partial charge in [-0.3, -0.25) is 0 Å². The summed E-state index contributed by atoms with van der Waals surface area (Å²) in [5.41, 5.74) is 1.52. The zero-order valence-corrected chi connectivity index (χ0v) is 13.7. The van der Waals surface area contributed by atoms with E-state index in [9.17, 15) is 4.39 Å². The Labute approximate surface area is 141 Å². The number of aliphatic hydroxyl groups is 1. The molecule has 2 N–H and O–H groups in total. The minimum atomic E-state index is -0.286. The fraction of sp³-hybridized carbons (Fsp3) is 0.294. The summed E-state index contributed by atoms with van der Waals surface area (Å²) < 4.78 is 24.5. The van der Waals surface area contributed by atoms with Crippen LogP contribution in [0.25, 0.3) is 0 Å². The second-order valence-corrected chi connectivity index (χ2v) is 4.77. The number of hydrogen-bond donors (Lipinski definition) is 2. The molecule has 0 saturated carbocycles. The number of hydrogen-bond acceptors (Lipinski definition) is 4. The van der Waals surface area contributed by atoms with Crippen LogP contribution in [-0.2, 0) is 13.2 Å². The first-order valence-corrected chi connectivity index (χ1v) is 7.09. The monoisotopic (exact) mass is 341 g/mol. The summed E-state index contributed by atoms with van der Waals surface area (Å²) >= 11 is 0. The van der Waals surface area contributed by atoms with Gasteiger partial charge in [0.1, 0.15) is 12.4 Å². The molecule has 2 aromatic carbocycles. The van der Waals surface area contributed by atoms with E-state index in [0.29, 0.717) is 30.2 Å². The number of rotatable bonds is 8. The number of methoxy groups -OCH3 is 1. The predicted octanol–water partition coefficient (Wildman–Crippen LogP) is 2.92. The Bertz CT molecular complexity index is 610. The number of aliphatic hydroxyl groups excluding tert-OH is 1. The maximum Gasteiger partial charge on any atom is 0.161 e. The number of halogens is 2. The summed E-state index contributed by atoms with van der Waals surface area (Å²) in [7, 11) is 1.57. The maximum atomic E-state index is 13.6. The summed E-state index contributed by atoms with van der Waals surface area (Å²) in [6.07, 6.45) is 0. The Morgan fingerprint density at radius 3 is 2.61 bits per heavy atom. The Morgan fingerprint density at radius 2 is 1.91 bits per heavy atom. The van der Waals surface area contributed by atoms with Crippen LogP contribution in [0.3, 0.4) is 0 Å². The van der Waals surface area contributed by atoms with Gasteiger partial charge in [-0.05, 0) is 23.8 Å². The summed E-state index contributed by atoms with van der Waals surface area (Å²) in [5.74, 6) is 0.877. The van der Waals surface area contributed by atoms with Gasteiger partial charge in [-0.1, -0.05) is 24.3 Å². The van der Waals surface area contributed by atoms with E-state index in [4.69, 9.17) is 14.6 Å². The molecule has 0 heterocycles. The molecular weight excluding hydrogens is 321 g/mol. The molecule has 2 rings (SSSR count). The lowest BCUT2D eigenvalue weighted by molar-refractivity contribution is 0.279. The van der Waals surface area contributed by atoms with Crippen molar-refractivity contribution in [2.45, 2.75) is 13.2 Å². The molecule has 0 bridgehead atoms. The van der Waals surface area contributed by atoms with Crippen molar-refractivity contribution >= 4 is 12.4 Å². The lowest BCUT2D eigenvalue weighted by atomic mass is 10.2. The molecule has 0 aliphatic carbocycles. The minimum Gasteiger partial charge on any atom is -0.493 e. The van der Waals surface area contributed by atoms with Gasteiger partial charge in [0, 0.05) is 18.7 Å². The van der Waals surface area contributed by atoms with E-state index >= 15 is 0 Å². The van der Waals surface area contributed by atoms with Gasteiger partial charge in [0.25, 0.3) is 0 Å². The van der Waals surface area contributed by atoms with Crippen LogP contribution in [0.2, 0.25) is 0 Å². The van der Waals surface area contributed by atoms with Crippen LogP contribution in [0.4, 0.5) is 4.39 Å². The highest BCUT2D eigenvalue weighted by Gasteiger charge is 2.08. The molecule has 0 amide bonds. The Morgan fingerprint density at radius 1 is 1.13 bits per heavy atom. The molecule has 0 fully saturated rings. The predicted molar refractivity (Wildman–Crippen MR) is 89.8 cm³/mol. The molecule has 0 spiro atoms. The van der Waals surface area contributed by atoms with Gasteiger partial charge < -0.3 is 19.9 Å². The van der Waals surface area contributed by atoms with E-state index in [1.807, 2.05) is 12.1 Å². The lowest BCUT2D eigenvalue weighted by Crippen LogP contribution is -2.17. The molecule has 0 aliphatic heterocycles. The molecule has 126 valence electrons. The number of nitrogens with one attached hydrogen (secondary N) is 1. The first kappa shape index (κ1) is 19.2. The highest BCUT2D eigenvalue weighted by molar-refractivity contribution is 5.85. The molecule has 0 atom stereocenters. The third kappa shape index (κ3) is 5.71. The highest BCUT2D eigenvalue weighted by atomic mass is 35.5. The summed E-state index contributed by atoms with van der Waals surface area (Å²) in [4.78, 5) is 0. The topological polar surface area (TPSA) is 50.7 Å². The fourth-order valence-corrected chi connectivity index (χ4v) is 2.02. The molecule has 2 aromatic rings. The maximum absolute atomic E-state index is 13.6. The first-order chi connectivity index (χ1) is 10.7. The normalized spacial score (nSPS) is 10.0. The van der Waals surface area contributed by atoms with E-state index < -0.39 is 0 Å². The Hall–Kier alpha value is -1.82. The van der Waals surface area contributed by atoms with Crippen LogP contribution in [0.1, 0.15) is 11.1 Å². The summed E-state index contributed by atoms with van der Waals surface area (Å²) in [6, 6.07) is 12.1. The van der Waals surface area contributed by atoms with Crippen LogP contribution in [0.15, 0.2) is 42.5 Å². The van der Waals surface area contributed by atoms with Crippen molar-refractivity contribution in [3.8, 4) is 11.5 Å². The number of benzene rings is 2. The molecule has 0 aliphatic rings. The van der Waals surface area contributed by atoms with Crippen LogP contribution < -0.4 is 14.8 Å². The van der Waals surface area contributed by atoms with Gasteiger partial charge in [-0.2, -0.15) is 0 Å². The molecule has 23 heavy (non-hydrogen) atoms. The van der Waals surface area contributed by atoms with Gasteiger partial charge >= 0.3 is 0 Å². The van der Waals surface area contributed by atoms with Gasteiger partial charge in [0.2, 0.25) is 0 Å². The average molecular weight is 342 g/mol. The zero-order chi connectivity index (χ0) is 15.8. The van der Waals surface area contributed by atoms with Gasteiger partial charge in [0.15, 0.2) is 11.5 Å². The molecule has 0 unspecified atom stereocenters. The molecule has 0 radical (unpaired) electrons. The Kier molecular flexibility index (Phi) is 8.40. The lowest BCUT2D eigenvalue weighted by Gasteiger charge is -2.13. The SMILES string of the molecule is COc1cc(CNCCO)ccc1OCc1ccccc1F.Cl. The average Bonchev–Trinajstić information content (AvgIpc) is 2.55. The van der Waals surface area contributed by atoms with E-state index in [-0.39, 0.29) is 31.4 Å². The standard InChI is InChI=1S/C17H20FNO3.ClH/c1-21-17-10-13(11-19-8-9-20)6-7-16(17)22-12-14-4-2-3-5-15(14)18;/h2-7,10,19-20H,8-9,11-12H2,1H3;1H. The fourth-order valence-electron chi connectivity index (χ4n) is 2.02. The van der Waals surface area contributed by atoms with Crippen molar-refractivity contribution in [2.24, 2.45) is 0 Å². The quantitative estimate of drug-likeness (QED) is 0.725.